The first-order valence-electron chi connectivity index (χ1n) is 19.5. The predicted molar refractivity (Wildman–Crippen MR) is 210 cm³/mol. The molecule has 1 aromatic heterocycles. The summed E-state index contributed by atoms with van der Waals surface area (Å²) in [6.07, 6.45) is 4.62. The monoisotopic (exact) mass is 752 g/mol. The van der Waals surface area contributed by atoms with Gasteiger partial charge in [0.15, 0.2) is 11.5 Å². The van der Waals surface area contributed by atoms with Crippen molar-refractivity contribution in [2.45, 2.75) is 96.1 Å². The lowest BCUT2D eigenvalue weighted by molar-refractivity contribution is -0.136. The molecule has 1 aliphatic carbocycles. The zero-order chi connectivity index (χ0) is 39.5. The number of carbonyl (C=O) groups excluding carboxylic acids is 6. The van der Waals surface area contributed by atoms with Crippen LogP contribution in [0.3, 0.4) is 0 Å². The molecule has 4 aromatic rings. The van der Waals surface area contributed by atoms with Crippen molar-refractivity contribution in [2.24, 2.45) is 0 Å². The normalized spacial score (nSPS) is 19.1. The molecule has 0 bridgehead atoms. The van der Waals surface area contributed by atoms with Crippen LogP contribution in [0.1, 0.15) is 125 Å². The molecular formula is C44H44N6O6. The zero-order valence-electron chi connectivity index (χ0n) is 31.8. The minimum atomic E-state index is -1.01. The Morgan fingerprint density at radius 1 is 0.929 bits per heavy atom. The third kappa shape index (κ3) is 6.15. The smallest absolute Gasteiger partial charge is 0.262 e. The van der Waals surface area contributed by atoms with Crippen molar-refractivity contribution < 1.29 is 28.8 Å². The van der Waals surface area contributed by atoms with E-state index in [4.69, 9.17) is 6.57 Å². The molecular weight excluding hydrogens is 709 g/mol. The number of ketones is 1. The van der Waals surface area contributed by atoms with E-state index in [0.29, 0.717) is 48.1 Å². The second-order valence-electron chi connectivity index (χ2n) is 15.9. The van der Waals surface area contributed by atoms with Crippen molar-refractivity contribution in [3.05, 3.63) is 105 Å². The number of nitrogens with one attached hydrogen (secondary N) is 3. The van der Waals surface area contributed by atoms with E-state index in [9.17, 15) is 28.8 Å². The number of rotatable bonds is 9. The van der Waals surface area contributed by atoms with Gasteiger partial charge in [-0.25, -0.2) is 4.85 Å². The first kappa shape index (κ1) is 36.9. The Hall–Kier alpha value is -6.09. The average molecular weight is 753 g/mol. The fourth-order valence-electron chi connectivity index (χ4n) is 9.10. The molecule has 3 N–H and O–H groups in total. The van der Waals surface area contributed by atoms with Crippen molar-refractivity contribution in [2.75, 3.05) is 18.0 Å². The number of piperidine rings is 2. The van der Waals surface area contributed by atoms with Crippen LogP contribution in [0, 0.1) is 6.57 Å². The van der Waals surface area contributed by atoms with E-state index in [2.05, 4.69) is 58.3 Å². The van der Waals surface area contributed by atoms with E-state index in [1.807, 2.05) is 18.2 Å². The van der Waals surface area contributed by atoms with Gasteiger partial charge < -0.3 is 15.2 Å². The number of aryl methyl sites for hydroxylation is 2. The van der Waals surface area contributed by atoms with Crippen LogP contribution in [0.5, 0.6) is 0 Å². The van der Waals surface area contributed by atoms with Crippen LogP contribution in [-0.4, -0.2) is 70.4 Å². The highest BCUT2D eigenvalue weighted by Gasteiger charge is 2.45. The Labute approximate surface area is 324 Å². The summed E-state index contributed by atoms with van der Waals surface area (Å²) < 4.78 is 0. The number of H-pyrrole nitrogens is 1. The first-order valence-corrected chi connectivity index (χ1v) is 19.5. The lowest BCUT2D eigenvalue weighted by Gasteiger charge is -2.38. The van der Waals surface area contributed by atoms with Crippen molar-refractivity contribution in [1.29, 1.82) is 0 Å². The van der Waals surface area contributed by atoms with Crippen LogP contribution in [0.15, 0.2) is 48.5 Å². The lowest BCUT2D eigenvalue weighted by Crippen LogP contribution is -2.54. The molecule has 56 heavy (non-hydrogen) atoms. The summed E-state index contributed by atoms with van der Waals surface area (Å²) >= 11 is 0. The second-order valence-corrected chi connectivity index (χ2v) is 15.9. The number of anilines is 1. The van der Waals surface area contributed by atoms with Gasteiger partial charge in [-0.2, -0.15) is 0 Å². The largest absolute Gasteiger partial charge is 0.371 e. The Bertz CT molecular complexity index is 2410. The van der Waals surface area contributed by atoms with E-state index >= 15 is 0 Å². The summed E-state index contributed by atoms with van der Waals surface area (Å²) in [5.41, 5.74) is 7.65. The summed E-state index contributed by atoms with van der Waals surface area (Å²) in [6.45, 7) is 15.4. The number of aromatic amines is 1. The number of nitrogens with zero attached hydrogens (tertiary/aromatic N) is 3. The number of aromatic nitrogens is 1. The number of fused-ring (bicyclic) bond motifs is 5. The van der Waals surface area contributed by atoms with Crippen LogP contribution in [0.25, 0.3) is 15.7 Å². The summed E-state index contributed by atoms with van der Waals surface area (Å²) in [6, 6.07) is 13.9. The van der Waals surface area contributed by atoms with Gasteiger partial charge in [0.2, 0.25) is 17.7 Å². The maximum absolute atomic E-state index is 14.1. The minimum absolute atomic E-state index is 0.00602. The highest BCUT2D eigenvalue weighted by Crippen LogP contribution is 2.46. The molecule has 0 saturated carbocycles. The van der Waals surface area contributed by atoms with Gasteiger partial charge in [0.05, 0.1) is 23.3 Å². The Kier molecular flexibility index (Phi) is 9.35. The Balaban J connectivity index is 0.870. The van der Waals surface area contributed by atoms with Gasteiger partial charge >= 0.3 is 0 Å². The van der Waals surface area contributed by atoms with Crippen LogP contribution in [0.4, 0.5) is 11.4 Å². The quantitative estimate of drug-likeness (QED) is 0.107. The Morgan fingerprint density at radius 2 is 1.71 bits per heavy atom. The molecule has 286 valence electrons. The maximum atomic E-state index is 14.1. The summed E-state index contributed by atoms with van der Waals surface area (Å²) in [5.74, 6) is -2.10. The van der Waals surface area contributed by atoms with Gasteiger partial charge in [-0.3, -0.25) is 39.0 Å². The molecule has 4 heterocycles. The highest BCUT2D eigenvalue weighted by molar-refractivity contribution is 6.24. The van der Waals surface area contributed by atoms with Gasteiger partial charge in [-0.15, -0.1) is 0 Å². The zero-order valence-corrected chi connectivity index (χ0v) is 31.8. The molecule has 12 nitrogen and oxygen atoms in total. The molecule has 12 heteroatoms. The van der Waals surface area contributed by atoms with E-state index in [1.54, 1.807) is 18.2 Å². The molecule has 3 aliphatic heterocycles. The van der Waals surface area contributed by atoms with E-state index in [0.717, 1.165) is 76.2 Å². The first-order chi connectivity index (χ1) is 26.9. The third-order valence-electron chi connectivity index (χ3n) is 12.1. The van der Waals surface area contributed by atoms with Gasteiger partial charge in [0.25, 0.3) is 11.8 Å². The lowest BCUT2D eigenvalue weighted by atomic mass is 9.70. The van der Waals surface area contributed by atoms with Crippen LogP contribution in [-0.2, 0) is 32.6 Å². The molecule has 4 aliphatic rings. The third-order valence-corrected chi connectivity index (χ3v) is 12.1. The fourth-order valence-corrected chi connectivity index (χ4v) is 9.10. The predicted octanol–water partition coefficient (Wildman–Crippen LogP) is 6.05. The van der Waals surface area contributed by atoms with Crippen molar-refractivity contribution in [3.8, 4) is 0 Å². The van der Waals surface area contributed by atoms with Crippen molar-refractivity contribution >= 4 is 57.6 Å². The van der Waals surface area contributed by atoms with Gasteiger partial charge in [0, 0.05) is 65.2 Å². The number of unbranched alkanes of at least 4 members (excludes halogenated alkanes) is 1. The summed E-state index contributed by atoms with van der Waals surface area (Å²) in [5, 5.41) is 6.29. The van der Waals surface area contributed by atoms with Gasteiger partial charge in [0.1, 0.15) is 6.04 Å². The maximum Gasteiger partial charge on any atom is 0.262 e. The fraction of sp³-hybridized carbons (Fsp3) is 0.386. The number of benzene rings is 3. The highest BCUT2D eigenvalue weighted by atomic mass is 16.2. The van der Waals surface area contributed by atoms with E-state index in [1.165, 1.54) is 0 Å². The topological polar surface area (TPSA) is 153 Å². The van der Waals surface area contributed by atoms with Crippen molar-refractivity contribution in [1.82, 2.24) is 20.5 Å². The molecule has 2 fully saturated rings. The average Bonchev–Trinajstić information content (AvgIpc) is 3.70. The second kappa shape index (κ2) is 14.2. The summed E-state index contributed by atoms with van der Waals surface area (Å²) in [7, 11) is 0. The molecule has 2 saturated heterocycles. The number of hydrogen-bond donors (Lipinski definition) is 3. The SMILES string of the molecule is [C-]#[N+]c1ccc2c3c([nH]c2c1)C(C)(C)c1cc(N2CCC(NC(=O)CCCCc4cccc5c4C(=O)N(C4CCC(=O)NC4=O)C5=O)CC2)c(CC)cc1C3=O. The van der Waals surface area contributed by atoms with Crippen LogP contribution in [0.2, 0.25) is 0 Å². The molecule has 0 radical (unpaired) electrons. The summed E-state index contributed by atoms with van der Waals surface area (Å²) in [4.78, 5) is 88.2. The van der Waals surface area contributed by atoms with Gasteiger partial charge in [-0.1, -0.05) is 45.0 Å². The van der Waals surface area contributed by atoms with E-state index < -0.39 is 35.1 Å². The molecule has 1 unspecified atom stereocenters. The van der Waals surface area contributed by atoms with Gasteiger partial charge in [-0.05, 0) is 85.9 Å². The molecule has 5 amide bonds. The number of imide groups is 2. The van der Waals surface area contributed by atoms with E-state index in [-0.39, 0.29) is 36.1 Å². The van der Waals surface area contributed by atoms with Crippen LogP contribution < -0.4 is 15.5 Å². The minimum Gasteiger partial charge on any atom is -0.371 e. The Morgan fingerprint density at radius 3 is 2.45 bits per heavy atom. The molecule has 8 rings (SSSR count). The van der Waals surface area contributed by atoms with Crippen molar-refractivity contribution in [3.63, 3.8) is 0 Å². The molecule has 0 spiro atoms. The molecule has 3 aromatic carbocycles. The van der Waals surface area contributed by atoms with Crippen LogP contribution >= 0.6 is 0 Å². The molecule has 1 atom stereocenters. The number of hydrogen-bond acceptors (Lipinski definition) is 7. The number of carbonyl (C=O) groups is 6. The standard InChI is InChI=1S/C44H44N6O6/c1-5-24-21-30-31(44(2,3)40-38(39(30)53)28-14-13-27(45-4)22-32(28)47-40)23-34(24)49-19-17-26(18-20-49)46-35(51)12-7-6-9-25-10-8-11-29-37(25)43(56)50(42(29)55)33-15-16-36(52)48-41(33)54/h8,10-11,13-14,21-23,26,33,47H,5-7,9,12,15-20H2,1-3H3,(H,46,51)(H,48,52,54). The number of amides is 5.